The molecule has 0 N–H and O–H groups in total. The quantitative estimate of drug-likeness (QED) is 0.128. The molecule has 0 saturated heterocycles. The summed E-state index contributed by atoms with van der Waals surface area (Å²) < 4.78 is 2.55. The number of pyridine rings is 2. The molecule has 4 aromatic carbocycles. The van der Waals surface area contributed by atoms with Gasteiger partial charge in [0, 0.05) is 37.2 Å². The van der Waals surface area contributed by atoms with E-state index in [2.05, 4.69) is 137 Å². The van der Waals surface area contributed by atoms with E-state index in [0.29, 0.717) is 5.92 Å². The van der Waals surface area contributed by atoms with E-state index in [1.165, 1.54) is 47.6 Å². The van der Waals surface area contributed by atoms with Gasteiger partial charge in [-0.1, -0.05) is 112 Å². The molecule has 0 amide bonds. The molecule has 5 heteroatoms. The summed E-state index contributed by atoms with van der Waals surface area (Å²) in [5, 5.41) is 4.05. The maximum absolute atomic E-state index is 4.69. The zero-order valence-corrected chi connectivity index (χ0v) is 31.4. The second-order valence-corrected chi connectivity index (χ2v) is 18.9. The summed E-state index contributed by atoms with van der Waals surface area (Å²) in [6, 6.07) is 42.7. The van der Waals surface area contributed by atoms with Crippen molar-refractivity contribution < 1.29 is 20.1 Å². The van der Waals surface area contributed by atoms with E-state index in [-0.39, 0.29) is 20.1 Å². The Morgan fingerprint density at radius 2 is 1.52 bits per heavy atom. The SMILES string of the molecule is Cc1c[c-]c(-c2cc(C(C)C)c([Si](C)(C)C)cn2)cc1.[Ir].[c-]1ccc2c(sc3cc(-c4ccccc4)ccc32)c1-c1ccccn1. The van der Waals surface area contributed by atoms with E-state index in [9.17, 15) is 0 Å². The van der Waals surface area contributed by atoms with Gasteiger partial charge in [0.25, 0.3) is 0 Å². The molecule has 7 aromatic rings. The summed E-state index contributed by atoms with van der Waals surface area (Å²) in [6.45, 7) is 13.8. The smallest absolute Gasteiger partial charge is 0.0799 e. The van der Waals surface area contributed by atoms with Gasteiger partial charge in [-0.2, -0.15) is 11.3 Å². The van der Waals surface area contributed by atoms with E-state index in [1.807, 2.05) is 47.9 Å². The Balaban J connectivity index is 0.000000182. The second-order valence-electron chi connectivity index (χ2n) is 12.8. The van der Waals surface area contributed by atoms with Crippen LogP contribution in [0.3, 0.4) is 0 Å². The van der Waals surface area contributed by atoms with E-state index in [0.717, 1.165) is 22.5 Å². The number of hydrogen-bond acceptors (Lipinski definition) is 3. The third-order valence-corrected chi connectivity index (χ3v) is 11.3. The van der Waals surface area contributed by atoms with Crippen molar-refractivity contribution in [3.63, 3.8) is 0 Å². The summed E-state index contributed by atoms with van der Waals surface area (Å²) in [7, 11) is -1.35. The molecule has 0 aliphatic carbocycles. The van der Waals surface area contributed by atoms with E-state index < -0.39 is 8.07 Å². The molecule has 0 saturated carbocycles. The molecule has 2 nitrogen and oxygen atoms in total. The maximum Gasteiger partial charge on any atom is 0.0799 e. The van der Waals surface area contributed by atoms with Crippen molar-refractivity contribution in [2.75, 3.05) is 0 Å². The zero-order chi connectivity index (χ0) is 31.6. The van der Waals surface area contributed by atoms with Crippen LogP contribution in [0.25, 0.3) is 53.8 Å². The molecule has 233 valence electrons. The van der Waals surface area contributed by atoms with Gasteiger partial charge in [0.2, 0.25) is 0 Å². The summed E-state index contributed by atoms with van der Waals surface area (Å²) >= 11 is 1.82. The first kappa shape index (κ1) is 33.6. The van der Waals surface area contributed by atoms with Crippen molar-refractivity contribution in [3.8, 4) is 33.6 Å². The molecule has 0 bridgehead atoms. The molecule has 3 heterocycles. The molecule has 46 heavy (non-hydrogen) atoms. The van der Waals surface area contributed by atoms with Crippen LogP contribution in [0.15, 0.2) is 116 Å². The largest absolute Gasteiger partial charge is 0.305 e. The van der Waals surface area contributed by atoms with Crippen molar-refractivity contribution >= 4 is 44.8 Å². The molecule has 0 aliphatic rings. The Morgan fingerprint density at radius 3 is 2.20 bits per heavy atom. The Morgan fingerprint density at radius 1 is 0.739 bits per heavy atom. The minimum absolute atomic E-state index is 0. The van der Waals surface area contributed by atoms with Crippen LogP contribution in [0.4, 0.5) is 0 Å². The monoisotopic (exact) mass is 811 g/mol. The Hall–Kier alpha value is -3.73. The first-order chi connectivity index (χ1) is 21.7. The maximum atomic E-state index is 4.69. The van der Waals surface area contributed by atoms with Gasteiger partial charge < -0.3 is 9.97 Å². The fraction of sp³-hybridized carbons (Fsp3) is 0.171. The van der Waals surface area contributed by atoms with Crippen molar-refractivity contribution in [2.45, 2.75) is 46.3 Å². The molecule has 7 rings (SSSR count). The van der Waals surface area contributed by atoms with Gasteiger partial charge in [-0.15, -0.1) is 59.2 Å². The number of hydrogen-bond donors (Lipinski definition) is 0. The van der Waals surface area contributed by atoms with E-state index in [4.69, 9.17) is 4.98 Å². The van der Waals surface area contributed by atoms with Crippen molar-refractivity contribution in [1.29, 1.82) is 0 Å². The third kappa shape index (κ3) is 7.29. The molecule has 0 atom stereocenters. The van der Waals surface area contributed by atoms with Crippen molar-refractivity contribution in [2.24, 2.45) is 0 Å². The minimum Gasteiger partial charge on any atom is -0.305 e. The molecular formula is C41H38IrN2SSi-2. The number of aryl methyl sites for hydroxylation is 1. The fourth-order valence-corrected chi connectivity index (χ4v) is 8.56. The molecular weight excluding hydrogens is 773 g/mol. The normalized spacial score (nSPS) is 11.3. The Kier molecular flexibility index (Phi) is 10.5. The van der Waals surface area contributed by atoms with Gasteiger partial charge in [0.1, 0.15) is 0 Å². The van der Waals surface area contributed by atoms with Crippen LogP contribution >= 0.6 is 11.3 Å². The Bertz CT molecular complexity index is 2060. The first-order valence-electron chi connectivity index (χ1n) is 15.5. The van der Waals surface area contributed by atoms with E-state index >= 15 is 0 Å². The fourth-order valence-electron chi connectivity index (χ4n) is 5.64. The van der Waals surface area contributed by atoms with Crippen LogP contribution < -0.4 is 5.19 Å². The number of rotatable bonds is 5. The molecule has 1 radical (unpaired) electrons. The molecule has 3 aromatic heterocycles. The first-order valence-corrected chi connectivity index (χ1v) is 19.8. The van der Waals surface area contributed by atoms with Gasteiger partial charge in [-0.25, -0.2) is 0 Å². The topological polar surface area (TPSA) is 25.8 Å². The number of thiophene rings is 1. The van der Waals surface area contributed by atoms with E-state index in [1.54, 1.807) is 0 Å². The second kappa shape index (κ2) is 14.4. The third-order valence-electron chi connectivity index (χ3n) is 8.07. The number of nitrogens with zero attached hydrogens (tertiary/aromatic N) is 2. The standard InChI is InChI=1S/C23H14NS.C18H24NSi.Ir/c1-2-7-16(8-3-1)17-12-13-18-19-9-6-10-20(21-11-4-5-14-24-21)23(19)25-22(18)15-17;1-13(2)16-11-17(15-9-7-14(3)8-10-15)19-12-18(16)20(4,5)6;/h1-9,11-15H;7-9,11-13H,1-6H3;/q2*-1;. The average Bonchev–Trinajstić information content (AvgIpc) is 3.44. The van der Waals surface area contributed by atoms with Crippen LogP contribution in [0.2, 0.25) is 19.6 Å². The summed E-state index contributed by atoms with van der Waals surface area (Å²) in [4.78, 5) is 9.20. The summed E-state index contributed by atoms with van der Waals surface area (Å²) in [5.74, 6) is 0.531. The van der Waals surface area contributed by atoms with Gasteiger partial charge in [-0.3, -0.25) is 0 Å². The van der Waals surface area contributed by atoms with Gasteiger partial charge in [-0.05, 0) is 55.8 Å². The van der Waals surface area contributed by atoms with Crippen LogP contribution in [0.1, 0.15) is 30.9 Å². The number of benzene rings is 4. The van der Waals surface area contributed by atoms with Crippen molar-refractivity contribution in [1.82, 2.24) is 9.97 Å². The molecule has 0 unspecified atom stereocenters. The summed E-state index contributed by atoms with van der Waals surface area (Å²) in [5.41, 5.74) is 9.36. The predicted molar refractivity (Wildman–Crippen MR) is 197 cm³/mol. The van der Waals surface area contributed by atoms with Gasteiger partial charge in [0.05, 0.1) is 8.07 Å². The van der Waals surface area contributed by atoms with Crippen LogP contribution in [-0.2, 0) is 20.1 Å². The van der Waals surface area contributed by atoms with Gasteiger partial charge in [0.15, 0.2) is 0 Å². The number of fused-ring (bicyclic) bond motifs is 3. The number of aromatic nitrogens is 2. The predicted octanol–water partition coefficient (Wildman–Crippen LogP) is 11.1. The van der Waals surface area contributed by atoms with Crippen LogP contribution in [-0.4, -0.2) is 18.0 Å². The average molecular weight is 811 g/mol. The zero-order valence-electron chi connectivity index (χ0n) is 27.2. The summed E-state index contributed by atoms with van der Waals surface area (Å²) in [6.07, 6.45) is 3.94. The van der Waals surface area contributed by atoms with Crippen LogP contribution in [0, 0.1) is 19.1 Å². The molecule has 0 spiro atoms. The molecule has 0 aliphatic heterocycles. The van der Waals surface area contributed by atoms with Crippen LogP contribution in [0.5, 0.6) is 0 Å². The Labute approximate surface area is 292 Å². The van der Waals surface area contributed by atoms with Gasteiger partial charge >= 0.3 is 0 Å². The molecule has 0 fully saturated rings. The minimum atomic E-state index is -1.35. The van der Waals surface area contributed by atoms with Crippen molar-refractivity contribution in [3.05, 3.63) is 139 Å².